The van der Waals surface area contributed by atoms with E-state index in [1.165, 1.54) is 0 Å². The summed E-state index contributed by atoms with van der Waals surface area (Å²) < 4.78 is 5.45. The molecule has 1 unspecified atom stereocenters. The zero-order chi connectivity index (χ0) is 14.8. The van der Waals surface area contributed by atoms with Crippen LogP contribution in [-0.4, -0.2) is 18.2 Å². The third kappa shape index (κ3) is 3.72. The number of rotatable bonds is 4. The van der Waals surface area contributed by atoms with Crippen LogP contribution < -0.4 is 4.74 Å². The minimum Gasteiger partial charge on any atom is -0.496 e. The van der Waals surface area contributed by atoms with Crippen molar-refractivity contribution in [1.29, 1.82) is 0 Å². The second-order valence-electron chi connectivity index (χ2n) is 6.16. The number of aryl methyl sites for hydroxylation is 1. The van der Waals surface area contributed by atoms with Gasteiger partial charge in [0.1, 0.15) is 5.75 Å². The van der Waals surface area contributed by atoms with Crippen molar-refractivity contribution >= 4 is 5.97 Å². The molecule has 0 aliphatic rings. The number of ether oxygens (including phenoxy) is 1. The normalized spacial score (nSPS) is 13.2. The molecule has 0 aliphatic heterocycles. The summed E-state index contributed by atoms with van der Waals surface area (Å²) in [6, 6.07) is 4.11. The molecule has 0 bridgehead atoms. The van der Waals surface area contributed by atoms with E-state index in [9.17, 15) is 4.79 Å². The number of carbonyl (C=O) groups is 1. The number of carboxylic acid groups (broad SMARTS) is 1. The Hall–Kier alpha value is -1.51. The lowest BCUT2D eigenvalue weighted by Gasteiger charge is -2.25. The van der Waals surface area contributed by atoms with E-state index in [4.69, 9.17) is 9.84 Å². The smallest absolute Gasteiger partial charge is 0.303 e. The number of methoxy groups -OCH3 is 1. The van der Waals surface area contributed by atoms with Gasteiger partial charge in [0.2, 0.25) is 0 Å². The zero-order valence-corrected chi connectivity index (χ0v) is 12.7. The molecule has 1 atom stereocenters. The molecule has 106 valence electrons. The molecule has 0 amide bonds. The Balaban J connectivity index is 3.31. The summed E-state index contributed by atoms with van der Waals surface area (Å²) in [6.07, 6.45) is 0.150. The van der Waals surface area contributed by atoms with Crippen molar-refractivity contribution in [3.8, 4) is 5.75 Å². The summed E-state index contributed by atoms with van der Waals surface area (Å²) in [5.41, 5.74) is 3.26. The number of hydrogen-bond acceptors (Lipinski definition) is 2. The molecule has 0 fully saturated rings. The Labute approximate surface area is 115 Å². The van der Waals surface area contributed by atoms with Gasteiger partial charge < -0.3 is 9.84 Å². The van der Waals surface area contributed by atoms with Crippen LogP contribution in [-0.2, 0) is 10.2 Å². The van der Waals surface area contributed by atoms with E-state index in [0.717, 1.165) is 22.4 Å². The number of benzene rings is 1. The van der Waals surface area contributed by atoms with Gasteiger partial charge in [0.25, 0.3) is 0 Å². The van der Waals surface area contributed by atoms with Gasteiger partial charge >= 0.3 is 5.97 Å². The molecule has 1 aromatic carbocycles. The van der Waals surface area contributed by atoms with Gasteiger partial charge in [0.15, 0.2) is 0 Å². The van der Waals surface area contributed by atoms with Gasteiger partial charge in [0, 0.05) is 0 Å². The molecule has 1 aromatic rings. The van der Waals surface area contributed by atoms with Crippen LogP contribution in [0.3, 0.4) is 0 Å². The van der Waals surface area contributed by atoms with Crippen LogP contribution in [0.2, 0.25) is 0 Å². The molecular weight excluding hydrogens is 240 g/mol. The van der Waals surface area contributed by atoms with Crippen molar-refractivity contribution < 1.29 is 14.6 Å². The summed E-state index contributed by atoms with van der Waals surface area (Å²) in [6.45, 7) is 10.3. The highest BCUT2D eigenvalue weighted by atomic mass is 16.5. The van der Waals surface area contributed by atoms with Crippen LogP contribution in [0, 0.1) is 6.92 Å². The molecule has 0 saturated heterocycles. The van der Waals surface area contributed by atoms with Gasteiger partial charge in [-0.2, -0.15) is 0 Å². The summed E-state index contributed by atoms with van der Waals surface area (Å²) in [5.74, 6) is 0.112. The fourth-order valence-corrected chi connectivity index (χ4v) is 2.36. The second-order valence-corrected chi connectivity index (χ2v) is 6.16. The van der Waals surface area contributed by atoms with Crippen LogP contribution in [0.1, 0.15) is 56.7 Å². The van der Waals surface area contributed by atoms with E-state index < -0.39 is 5.97 Å². The first-order chi connectivity index (χ1) is 8.66. The zero-order valence-electron chi connectivity index (χ0n) is 12.7. The van der Waals surface area contributed by atoms with Crippen LogP contribution >= 0.6 is 0 Å². The lowest BCUT2D eigenvalue weighted by Crippen LogP contribution is -2.15. The first-order valence-corrected chi connectivity index (χ1v) is 6.57. The topological polar surface area (TPSA) is 46.5 Å². The van der Waals surface area contributed by atoms with Crippen molar-refractivity contribution in [2.75, 3.05) is 7.11 Å². The van der Waals surface area contributed by atoms with Crippen molar-refractivity contribution in [3.05, 3.63) is 28.8 Å². The quantitative estimate of drug-likeness (QED) is 0.897. The standard InChI is InChI=1S/C16H24O3/c1-10-7-14(19-6)13(16(3,4)5)9-12(10)11(2)8-15(17)18/h7,9,11H,8H2,1-6H3,(H,17,18). The number of hydrogen-bond donors (Lipinski definition) is 1. The predicted octanol–water partition coefficient (Wildman–Crippen LogP) is 3.88. The maximum absolute atomic E-state index is 10.9. The van der Waals surface area contributed by atoms with E-state index in [0.29, 0.717) is 0 Å². The highest BCUT2D eigenvalue weighted by molar-refractivity contribution is 5.68. The molecule has 3 heteroatoms. The average Bonchev–Trinajstić information content (AvgIpc) is 2.25. The van der Waals surface area contributed by atoms with E-state index in [-0.39, 0.29) is 17.8 Å². The minimum absolute atomic E-state index is 0.00417. The van der Waals surface area contributed by atoms with Gasteiger partial charge in [-0.05, 0) is 41.0 Å². The first kappa shape index (κ1) is 15.5. The van der Waals surface area contributed by atoms with E-state index in [1.807, 2.05) is 19.9 Å². The average molecular weight is 264 g/mol. The summed E-state index contributed by atoms with van der Waals surface area (Å²) in [5, 5.41) is 8.94. The summed E-state index contributed by atoms with van der Waals surface area (Å²) >= 11 is 0. The van der Waals surface area contributed by atoms with Crippen molar-refractivity contribution in [2.24, 2.45) is 0 Å². The van der Waals surface area contributed by atoms with Gasteiger partial charge in [-0.1, -0.05) is 33.8 Å². The molecule has 1 rings (SSSR count). The lowest BCUT2D eigenvalue weighted by atomic mass is 9.82. The monoisotopic (exact) mass is 264 g/mol. The molecular formula is C16H24O3. The Bertz CT molecular complexity index is 470. The van der Waals surface area contributed by atoms with Crippen LogP contribution in [0.25, 0.3) is 0 Å². The second kappa shape index (κ2) is 5.64. The molecule has 19 heavy (non-hydrogen) atoms. The Kier molecular flexibility index (Phi) is 4.61. The Morgan fingerprint density at radius 2 is 1.95 bits per heavy atom. The highest BCUT2D eigenvalue weighted by Crippen LogP contribution is 2.36. The summed E-state index contributed by atoms with van der Waals surface area (Å²) in [7, 11) is 1.67. The van der Waals surface area contributed by atoms with E-state index in [1.54, 1.807) is 7.11 Å². The van der Waals surface area contributed by atoms with Crippen LogP contribution in [0.15, 0.2) is 12.1 Å². The third-order valence-corrected chi connectivity index (χ3v) is 3.41. The van der Waals surface area contributed by atoms with Gasteiger partial charge in [-0.15, -0.1) is 0 Å². The minimum atomic E-state index is -0.764. The largest absolute Gasteiger partial charge is 0.496 e. The van der Waals surface area contributed by atoms with Gasteiger partial charge in [-0.3, -0.25) is 4.79 Å². The fraction of sp³-hybridized carbons (Fsp3) is 0.562. The molecule has 1 N–H and O–H groups in total. The molecule has 0 aliphatic carbocycles. The molecule has 0 aromatic heterocycles. The number of aliphatic carboxylic acids is 1. The van der Waals surface area contributed by atoms with E-state index in [2.05, 4.69) is 26.8 Å². The third-order valence-electron chi connectivity index (χ3n) is 3.41. The Morgan fingerprint density at radius 3 is 2.37 bits per heavy atom. The maximum atomic E-state index is 10.9. The molecule has 0 spiro atoms. The van der Waals surface area contributed by atoms with Crippen LogP contribution in [0.4, 0.5) is 0 Å². The first-order valence-electron chi connectivity index (χ1n) is 6.57. The molecule has 0 saturated carbocycles. The molecule has 0 radical (unpaired) electrons. The highest BCUT2D eigenvalue weighted by Gasteiger charge is 2.22. The lowest BCUT2D eigenvalue weighted by molar-refractivity contribution is -0.137. The van der Waals surface area contributed by atoms with Crippen molar-refractivity contribution in [1.82, 2.24) is 0 Å². The van der Waals surface area contributed by atoms with Crippen LogP contribution in [0.5, 0.6) is 5.75 Å². The summed E-state index contributed by atoms with van der Waals surface area (Å²) in [4.78, 5) is 10.9. The fourth-order valence-electron chi connectivity index (χ4n) is 2.36. The maximum Gasteiger partial charge on any atom is 0.303 e. The molecule has 3 nitrogen and oxygen atoms in total. The Morgan fingerprint density at radius 1 is 1.37 bits per heavy atom. The van der Waals surface area contributed by atoms with Crippen molar-refractivity contribution in [3.63, 3.8) is 0 Å². The predicted molar refractivity (Wildman–Crippen MR) is 77.1 cm³/mol. The van der Waals surface area contributed by atoms with Crippen molar-refractivity contribution in [2.45, 2.75) is 52.4 Å². The van der Waals surface area contributed by atoms with Gasteiger partial charge in [-0.25, -0.2) is 0 Å². The molecule has 0 heterocycles. The SMILES string of the molecule is COc1cc(C)c(C(C)CC(=O)O)cc1C(C)(C)C. The number of carboxylic acids is 1. The van der Waals surface area contributed by atoms with Gasteiger partial charge in [0.05, 0.1) is 13.5 Å². The van der Waals surface area contributed by atoms with E-state index >= 15 is 0 Å².